The third-order valence-corrected chi connectivity index (χ3v) is 6.90. The highest BCUT2D eigenvalue weighted by Gasteiger charge is 2.33. The smallest absolute Gasteiger partial charge is 0.166 e. The summed E-state index contributed by atoms with van der Waals surface area (Å²) < 4.78 is 22.7. The molecule has 8 heteroatoms. The van der Waals surface area contributed by atoms with E-state index in [9.17, 15) is 4.39 Å². The number of aromatic nitrogens is 5. The van der Waals surface area contributed by atoms with Gasteiger partial charge in [0.05, 0.1) is 17.1 Å². The molecule has 6 rings (SSSR count). The van der Waals surface area contributed by atoms with Crippen molar-refractivity contribution in [1.29, 1.82) is 0 Å². The molecule has 1 aliphatic heterocycles. The molecule has 4 heterocycles. The van der Waals surface area contributed by atoms with Crippen LogP contribution in [0.4, 0.5) is 10.2 Å². The van der Waals surface area contributed by atoms with E-state index in [1.165, 1.54) is 17.7 Å². The number of hydrogen-bond acceptors (Lipinski definition) is 6. The summed E-state index contributed by atoms with van der Waals surface area (Å²) >= 11 is 0. The third-order valence-electron chi connectivity index (χ3n) is 6.90. The fraction of sp³-hybridized carbons (Fsp3) is 0.308. The minimum absolute atomic E-state index is 0.0600. The molecule has 3 aromatic heterocycles. The summed E-state index contributed by atoms with van der Waals surface area (Å²) in [5.41, 5.74) is 13.7. The van der Waals surface area contributed by atoms with Gasteiger partial charge in [0.25, 0.3) is 0 Å². The SMILES string of the molecule is CCn1nc2c3c1-c1cnc(N)c(c1)O[C@H](C)c1cc(F)ccc1-c1ncncc1C3CCC2. The first-order valence-electron chi connectivity index (χ1n) is 11.7. The maximum atomic E-state index is 14.4. The van der Waals surface area contributed by atoms with Crippen molar-refractivity contribution in [3.63, 3.8) is 0 Å². The minimum Gasteiger partial charge on any atom is -0.482 e. The average molecular weight is 457 g/mol. The summed E-state index contributed by atoms with van der Waals surface area (Å²) in [5.74, 6) is 0.489. The first-order valence-corrected chi connectivity index (χ1v) is 11.7. The lowest BCUT2D eigenvalue weighted by Gasteiger charge is -2.27. The molecule has 0 spiro atoms. The van der Waals surface area contributed by atoms with Gasteiger partial charge in [0.2, 0.25) is 0 Å². The molecule has 1 aromatic carbocycles. The van der Waals surface area contributed by atoms with Crippen LogP contribution < -0.4 is 10.5 Å². The van der Waals surface area contributed by atoms with E-state index in [4.69, 9.17) is 20.6 Å². The van der Waals surface area contributed by atoms with Crippen LogP contribution in [0, 0.1) is 5.82 Å². The molecule has 0 fully saturated rings. The molecule has 1 aliphatic carbocycles. The normalized spacial score (nSPS) is 18.6. The number of halogens is 1. The van der Waals surface area contributed by atoms with E-state index in [2.05, 4.69) is 16.9 Å². The number of rotatable bonds is 1. The highest BCUT2D eigenvalue weighted by atomic mass is 19.1. The summed E-state index contributed by atoms with van der Waals surface area (Å²) in [7, 11) is 0. The maximum absolute atomic E-state index is 14.4. The van der Waals surface area contributed by atoms with Crippen LogP contribution in [0.5, 0.6) is 5.75 Å². The Labute approximate surface area is 196 Å². The highest BCUT2D eigenvalue weighted by Crippen LogP contribution is 2.46. The van der Waals surface area contributed by atoms with Crippen molar-refractivity contribution in [2.45, 2.75) is 51.7 Å². The summed E-state index contributed by atoms with van der Waals surface area (Å²) in [6.07, 6.45) is 7.63. The van der Waals surface area contributed by atoms with E-state index in [-0.39, 0.29) is 11.7 Å². The van der Waals surface area contributed by atoms with Gasteiger partial charge in [-0.1, -0.05) is 0 Å². The standard InChI is InChI=1S/C26H25FN6O/c1-3-33-25-15-9-22(26(28)30-11-15)34-14(2)19-10-16(27)7-8-18(19)24-20(12-29-13-31-24)17-5-4-6-21(32-33)23(17)25/h7-14,17H,3-6H2,1-2H3,(H2,28,30)/t14-,17?/m1/s1. The van der Waals surface area contributed by atoms with Gasteiger partial charge < -0.3 is 10.5 Å². The summed E-state index contributed by atoms with van der Waals surface area (Å²) in [4.78, 5) is 13.5. The van der Waals surface area contributed by atoms with Crippen LogP contribution in [0.15, 0.2) is 43.0 Å². The van der Waals surface area contributed by atoms with Crippen LogP contribution in [0.2, 0.25) is 0 Å². The van der Waals surface area contributed by atoms with Gasteiger partial charge >= 0.3 is 0 Å². The zero-order valence-electron chi connectivity index (χ0n) is 19.1. The Morgan fingerprint density at radius 2 is 2.06 bits per heavy atom. The van der Waals surface area contributed by atoms with Crippen molar-refractivity contribution >= 4 is 5.82 Å². The number of nitrogens with zero attached hydrogens (tertiary/aromatic N) is 5. The molecule has 2 bridgehead atoms. The Bertz CT molecular complexity index is 1410. The first kappa shape index (κ1) is 20.8. The van der Waals surface area contributed by atoms with E-state index in [1.807, 2.05) is 23.9 Å². The van der Waals surface area contributed by atoms with Crippen LogP contribution in [-0.2, 0) is 13.0 Å². The van der Waals surface area contributed by atoms with Crippen molar-refractivity contribution < 1.29 is 9.13 Å². The molecule has 2 aliphatic rings. The molecule has 34 heavy (non-hydrogen) atoms. The number of nitrogens with two attached hydrogens (primary N) is 1. The lowest BCUT2D eigenvalue weighted by molar-refractivity contribution is 0.227. The third kappa shape index (κ3) is 3.16. The van der Waals surface area contributed by atoms with Gasteiger partial charge in [-0.2, -0.15) is 5.10 Å². The molecule has 0 saturated heterocycles. The number of aryl methyl sites for hydroxylation is 2. The quantitative estimate of drug-likeness (QED) is 0.430. The van der Waals surface area contributed by atoms with Gasteiger partial charge in [0.1, 0.15) is 18.2 Å². The molecule has 0 amide bonds. The zero-order valence-corrected chi connectivity index (χ0v) is 19.1. The molecular weight excluding hydrogens is 431 g/mol. The van der Waals surface area contributed by atoms with Gasteiger partial charge in [-0.15, -0.1) is 0 Å². The summed E-state index contributed by atoms with van der Waals surface area (Å²) in [6, 6.07) is 6.68. The van der Waals surface area contributed by atoms with Gasteiger partial charge in [-0.05, 0) is 57.4 Å². The zero-order chi connectivity index (χ0) is 23.4. The number of anilines is 1. The van der Waals surface area contributed by atoms with E-state index in [1.54, 1.807) is 18.6 Å². The molecule has 1 unspecified atom stereocenters. The van der Waals surface area contributed by atoms with Crippen molar-refractivity contribution in [1.82, 2.24) is 24.7 Å². The number of pyridine rings is 1. The second-order valence-electron chi connectivity index (χ2n) is 8.90. The van der Waals surface area contributed by atoms with Crippen molar-refractivity contribution in [2.75, 3.05) is 5.73 Å². The monoisotopic (exact) mass is 456 g/mol. The van der Waals surface area contributed by atoms with Crippen LogP contribution >= 0.6 is 0 Å². The lowest BCUT2D eigenvalue weighted by atomic mass is 9.78. The second-order valence-corrected chi connectivity index (χ2v) is 8.90. The number of benzene rings is 1. The Morgan fingerprint density at radius 3 is 2.91 bits per heavy atom. The molecule has 2 atom stereocenters. The fourth-order valence-corrected chi connectivity index (χ4v) is 5.38. The molecular formula is C26H25FN6O. The van der Waals surface area contributed by atoms with Crippen molar-refractivity contribution in [2.24, 2.45) is 0 Å². The number of nitrogen functional groups attached to an aromatic ring is 1. The van der Waals surface area contributed by atoms with Gasteiger partial charge in [-0.25, -0.2) is 19.3 Å². The van der Waals surface area contributed by atoms with Crippen LogP contribution in [0.25, 0.3) is 22.5 Å². The predicted octanol–water partition coefficient (Wildman–Crippen LogP) is 5.06. The fourth-order valence-electron chi connectivity index (χ4n) is 5.38. The van der Waals surface area contributed by atoms with E-state index >= 15 is 0 Å². The second kappa shape index (κ2) is 7.90. The first-order chi connectivity index (χ1) is 16.5. The molecule has 4 aromatic rings. The summed E-state index contributed by atoms with van der Waals surface area (Å²) in [6.45, 7) is 4.70. The van der Waals surface area contributed by atoms with Gasteiger partial charge in [-0.3, -0.25) is 4.68 Å². The van der Waals surface area contributed by atoms with Crippen LogP contribution in [0.1, 0.15) is 61.1 Å². The van der Waals surface area contributed by atoms with Crippen molar-refractivity contribution in [3.8, 4) is 28.3 Å². The van der Waals surface area contributed by atoms with Gasteiger partial charge in [0.15, 0.2) is 11.6 Å². The van der Waals surface area contributed by atoms with Crippen molar-refractivity contribution in [3.05, 3.63) is 71.2 Å². The predicted molar refractivity (Wildman–Crippen MR) is 127 cm³/mol. The average Bonchev–Trinajstić information content (AvgIpc) is 3.24. The topological polar surface area (TPSA) is 91.7 Å². The lowest BCUT2D eigenvalue weighted by Crippen LogP contribution is -2.15. The highest BCUT2D eigenvalue weighted by molar-refractivity contribution is 5.74. The van der Waals surface area contributed by atoms with Crippen LogP contribution in [0.3, 0.4) is 0 Å². The van der Waals surface area contributed by atoms with E-state index < -0.39 is 6.10 Å². The molecule has 172 valence electrons. The number of hydrogen-bond donors (Lipinski definition) is 1. The Morgan fingerprint density at radius 1 is 1.18 bits per heavy atom. The minimum atomic E-state index is -0.482. The van der Waals surface area contributed by atoms with E-state index in [0.717, 1.165) is 59.6 Å². The van der Waals surface area contributed by atoms with Gasteiger partial charge in [0, 0.05) is 52.7 Å². The largest absolute Gasteiger partial charge is 0.482 e. The van der Waals surface area contributed by atoms with E-state index in [0.29, 0.717) is 17.1 Å². The maximum Gasteiger partial charge on any atom is 0.166 e. The number of ether oxygens (including phenoxy) is 1. The molecule has 2 N–H and O–H groups in total. The Kier molecular flexibility index (Phi) is 4.83. The summed E-state index contributed by atoms with van der Waals surface area (Å²) in [5, 5.41) is 4.97. The molecule has 0 saturated carbocycles. The molecule has 0 radical (unpaired) electrons. The van der Waals surface area contributed by atoms with Crippen LogP contribution in [-0.4, -0.2) is 24.7 Å². The Hall–Kier alpha value is -3.81. The molecule has 7 nitrogen and oxygen atoms in total. The Balaban J connectivity index is 1.72. The number of fused-ring (bicyclic) bond motifs is 7.